The van der Waals surface area contributed by atoms with Crippen molar-refractivity contribution in [2.24, 2.45) is 0 Å². The van der Waals surface area contributed by atoms with Gasteiger partial charge in [0.15, 0.2) is 0 Å². The molecule has 0 heterocycles. The molecule has 2 rings (SSSR count). The van der Waals surface area contributed by atoms with Crippen molar-refractivity contribution in [2.45, 2.75) is 39.2 Å². The van der Waals surface area contributed by atoms with Gasteiger partial charge in [0.25, 0.3) is 0 Å². The van der Waals surface area contributed by atoms with Gasteiger partial charge in [-0.3, -0.25) is 4.79 Å². The number of nitrogens with one attached hydrogen (secondary N) is 2. The van der Waals surface area contributed by atoms with Crippen LogP contribution >= 0.6 is 0 Å². The third-order valence-electron chi connectivity index (χ3n) is 4.30. The second-order valence-electron chi connectivity index (χ2n) is 7.64. The van der Waals surface area contributed by atoms with Gasteiger partial charge in [-0.15, -0.1) is 0 Å². The van der Waals surface area contributed by atoms with E-state index < -0.39 is 0 Å². The van der Waals surface area contributed by atoms with Crippen molar-refractivity contribution in [1.29, 1.82) is 0 Å². The van der Waals surface area contributed by atoms with Crippen LogP contribution in [0.25, 0.3) is 0 Å². The zero-order chi connectivity index (χ0) is 19.9. The lowest BCUT2D eigenvalue weighted by Crippen LogP contribution is -2.36. The lowest BCUT2D eigenvalue weighted by atomic mass is 9.87. The average Bonchev–Trinajstić information content (AvgIpc) is 2.61. The standard InChI is InChI=1S/C22H29FN2O2/c1-16(17-5-9-19(23)10-6-17)25-21(26)15-24-13-14-27-20-11-7-18(8-12-20)22(2,3)4/h5-12,16,24H,13-15H2,1-4H3,(H,25,26). The second-order valence-corrected chi connectivity index (χ2v) is 7.64. The Hall–Kier alpha value is -2.40. The van der Waals surface area contributed by atoms with Gasteiger partial charge in [-0.25, -0.2) is 4.39 Å². The number of hydrogen-bond donors (Lipinski definition) is 2. The third kappa shape index (κ3) is 7.02. The van der Waals surface area contributed by atoms with Crippen molar-refractivity contribution >= 4 is 5.91 Å². The molecule has 1 atom stereocenters. The van der Waals surface area contributed by atoms with E-state index in [1.165, 1.54) is 17.7 Å². The molecule has 0 radical (unpaired) electrons. The Kier molecular flexibility index (Phi) is 7.36. The van der Waals surface area contributed by atoms with Gasteiger partial charge in [0.2, 0.25) is 5.91 Å². The van der Waals surface area contributed by atoms with Crippen LogP contribution in [-0.4, -0.2) is 25.6 Å². The summed E-state index contributed by atoms with van der Waals surface area (Å²) in [6, 6.07) is 14.1. The normalized spacial score (nSPS) is 12.5. The summed E-state index contributed by atoms with van der Waals surface area (Å²) in [7, 11) is 0. The summed E-state index contributed by atoms with van der Waals surface area (Å²) in [6.07, 6.45) is 0. The van der Waals surface area contributed by atoms with Gasteiger partial charge >= 0.3 is 0 Å². The Bertz CT molecular complexity index is 721. The van der Waals surface area contributed by atoms with E-state index in [9.17, 15) is 9.18 Å². The van der Waals surface area contributed by atoms with E-state index in [-0.39, 0.29) is 29.7 Å². The van der Waals surface area contributed by atoms with Crippen LogP contribution in [0.2, 0.25) is 0 Å². The Labute approximate surface area is 161 Å². The maximum absolute atomic E-state index is 12.9. The summed E-state index contributed by atoms with van der Waals surface area (Å²) in [5, 5.41) is 5.94. The molecule has 0 saturated carbocycles. The molecule has 0 aliphatic heterocycles. The maximum Gasteiger partial charge on any atom is 0.234 e. The molecular weight excluding hydrogens is 343 g/mol. The van der Waals surface area contributed by atoms with Crippen LogP contribution < -0.4 is 15.4 Å². The molecule has 5 heteroatoms. The van der Waals surface area contributed by atoms with Gasteiger partial charge in [-0.1, -0.05) is 45.0 Å². The molecular formula is C22H29FN2O2. The van der Waals surface area contributed by atoms with Crippen LogP contribution in [0, 0.1) is 5.82 Å². The number of halogens is 1. The first-order chi connectivity index (χ1) is 12.8. The molecule has 2 aromatic carbocycles. The molecule has 4 nitrogen and oxygen atoms in total. The van der Waals surface area contributed by atoms with Crippen molar-refractivity contribution in [2.75, 3.05) is 19.7 Å². The highest BCUT2D eigenvalue weighted by atomic mass is 19.1. The third-order valence-corrected chi connectivity index (χ3v) is 4.30. The average molecular weight is 372 g/mol. The minimum absolute atomic E-state index is 0.110. The summed E-state index contributed by atoms with van der Waals surface area (Å²) >= 11 is 0. The van der Waals surface area contributed by atoms with E-state index >= 15 is 0 Å². The number of benzene rings is 2. The molecule has 1 unspecified atom stereocenters. The van der Waals surface area contributed by atoms with Crippen LogP contribution in [0.1, 0.15) is 44.9 Å². The van der Waals surface area contributed by atoms with Gasteiger partial charge < -0.3 is 15.4 Å². The molecule has 0 aliphatic carbocycles. The van der Waals surface area contributed by atoms with Gasteiger partial charge in [0, 0.05) is 6.54 Å². The fourth-order valence-corrected chi connectivity index (χ4v) is 2.62. The van der Waals surface area contributed by atoms with Crippen LogP contribution in [0.4, 0.5) is 4.39 Å². The first-order valence-corrected chi connectivity index (χ1v) is 9.24. The highest BCUT2D eigenvalue weighted by Gasteiger charge is 2.13. The van der Waals surface area contributed by atoms with E-state index in [1.807, 2.05) is 19.1 Å². The van der Waals surface area contributed by atoms with Gasteiger partial charge in [0.05, 0.1) is 12.6 Å². The molecule has 0 aliphatic rings. The number of carbonyl (C=O) groups is 1. The minimum Gasteiger partial charge on any atom is -0.492 e. The number of rotatable bonds is 8. The molecule has 27 heavy (non-hydrogen) atoms. The van der Waals surface area contributed by atoms with Crippen molar-refractivity contribution in [1.82, 2.24) is 10.6 Å². The number of hydrogen-bond acceptors (Lipinski definition) is 3. The first-order valence-electron chi connectivity index (χ1n) is 9.24. The predicted molar refractivity (Wildman–Crippen MR) is 106 cm³/mol. The fourth-order valence-electron chi connectivity index (χ4n) is 2.62. The van der Waals surface area contributed by atoms with Gasteiger partial charge in [-0.2, -0.15) is 0 Å². The molecule has 0 saturated heterocycles. The Morgan fingerprint density at radius 3 is 2.30 bits per heavy atom. The molecule has 2 N–H and O–H groups in total. The molecule has 0 aromatic heterocycles. The lowest BCUT2D eigenvalue weighted by Gasteiger charge is -2.19. The SMILES string of the molecule is CC(NC(=O)CNCCOc1ccc(C(C)(C)C)cc1)c1ccc(F)cc1. The monoisotopic (exact) mass is 372 g/mol. The van der Waals surface area contributed by atoms with Gasteiger partial charge in [0.1, 0.15) is 18.2 Å². The lowest BCUT2D eigenvalue weighted by molar-refractivity contribution is -0.120. The number of ether oxygens (including phenoxy) is 1. The molecule has 0 fully saturated rings. The van der Waals surface area contributed by atoms with E-state index in [1.54, 1.807) is 12.1 Å². The molecule has 146 valence electrons. The summed E-state index contributed by atoms with van der Waals surface area (Å²) in [5.41, 5.74) is 2.25. The largest absolute Gasteiger partial charge is 0.492 e. The highest BCUT2D eigenvalue weighted by molar-refractivity contribution is 5.78. The smallest absolute Gasteiger partial charge is 0.234 e. The summed E-state index contributed by atoms with van der Waals surface area (Å²) in [6.45, 7) is 9.65. The summed E-state index contributed by atoms with van der Waals surface area (Å²) in [5.74, 6) is 0.424. The van der Waals surface area contributed by atoms with Crippen LogP contribution in [0.3, 0.4) is 0 Å². The topological polar surface area (TPSA) is 50.4 Å². The Morgan fingerprint density at radius 2 is 1.70 bits per heavy atom. The van der Waals surface area contributed by atoms with E-state index in [0.717, 1.165) is 11.3 Å². The highest BCUT2D eigenvalue weighted by Crippen LogP contribution is 2.24. The second kappa shape index (κ2) is 9.51. The van der Waals surface area contributed by atoms with E-state index in [0.29, 0.717) is 13.2 Å². The van der Waals surface area contributed by atoms with E-state index in [4.69, 9.17) is 4.74 Å². The van der Waals surface area contributed by atoms with Crippen LogP contribution in [0.5, 0.6) is 5.75 Å². The maximum atomic E-state index is 12.9. The fraction of sp³-hybridized carbons (Fsp3) is 0.409. The number of carbonyl (C=O) groups excluding carboxylic acids is 1. The van der Waals surface area contributed by atoms with Crippen LogP contribution in [0.15, 0.2) is 48.5 Å². The molecule has 1 amide bonds. The van der Waals surface area contributed by atoms with Crippen LogP contribution in [-0.2, 0) is 10.2 Å². The molecule has 0 bridgehead atoms. The van der Waals surface area contributed by atoms with Crippen molar-refractivity contribution in [3.63, 3.8) is 0 Å². The summed E-state index contributed by atoms with van der Waals surface area (Å²) in [4.78, 5) is 12.0. The predicted octanol–water partition coefficient (Wildman–Crippen LogP) is 3.97. The Morgan fingerprint density at radius 1 is 1.07 bits per heavy atom. The van der Waals surface area contributed by atoms with Crippen molar-refractivity contribution in [3.05, 3.63) is 65.5 Å². The van der Waals surface area contributed by atoms with Crippen molar-refractivity contribution in [3.8, 4) is 5.75 Å². The van der Waals surface area contributed by atoms with Crippen molar-refractivity contribution < 1.29 is 13.9 Å². The Balaban J connectivity index is 1.64. The number of amides is 1. The zero-order valence-electron chi connectivity index (χ0n) is 16.5. The summed E-state index contributed by atoms with van der Waals surface area (Å²) < 4.78 is 18.6. The molecule has 2 aromatic rings. The quantitative estimate of drug-likeness (QED) is 0.690. The van der Waals surface area contributed by atoms with E-state index in [2.05, 4.69) is 43.5 Å². The van der Waals surface area contributed by atoms with Gasteiger partial charge in [-0.05, 0) is 47.7 Å². The first kappa shape index (κ1) is 20.9. The zero-order valence-corrected chi connectivity index (χ0v) is 16.5. The molecule has 0 spiro atoms. The minimum atomic E-state index is -0.285.